The Bertz CT molecular complexity index is 1160. The predicted octanol–water partition coefficient (Wildman–Crippen LogP) is 4.46. The van der Waals surface area contributed by atoms with Gasteiger partial charge < -0.3 is 24.8 Å². The Hall–Kier alpha value is -4.33. The first kappa shape index (κ1) is 25.3. The van der Waals surface area contributed by atoms with Crippen LogP contribution in [0.3, 0.4) is 0 Å². The Morgan fingerprint density at radius 2 is 1.43 bits per heavy atom. The number of ether oxygens (including phenoxy) is 3. The van der Waals surface area contributed by atoms with Crippen molar-refractivity contribution in [3.05, 3.63) is 83.9 Å². The van der Waals surface area contributed by atoms with Crippen molar-refractivity contribution in [1.82, 2.24) is 0 Å². The first-order valence-corrected chi connectivity index (χ1v) is 11.3. The van der Waals surface area contributed by atoms with Gasteiger partial charge in [0.15, 0.2) is 18.1 Å². The van der Waals surface area contributed by atoms with Crippen molar-refractivity contribution in [1.29, 1.82) is 0 Å². The maximum atomic E-state index is 12.6. The fourth-order valence-corrected chi connectivity index (χ4v) is 3.28. The Morgan fingerprint density at radius 1 is 0.743 bits per heavy atom. The normalized spacial score (nSPS) is 10.2. The van der Waals surface area contributed by atoms with Gasteiger partial charge in [-0.25, -0.2) is 4.79 Å². The third-order valence-electron chi connectivity index (χ3n) is 4.79. The summed E-state index contributed by atoms with van der Waals surface area (Å²) in [5.41, 5.74) is 1.79. The van der Waals surface area contributed by atoms with Crippen molar-refractivity contribution >= 4 is 29.2 Å². The predicted molar refractivity (Wildman–Crippen MR) is 133 cm³/mol. The van der Waals surface area contributed by atoms with Gasteiger partial charge in [-0.3, -0.25) is 9.59 Å². The van der Waals surface area contributed by atoms with E-state index in [0.29, 0.717) is 36.1 Å². The highest BCUT2D eigenvalue weighted by Crippen LogP contribution is 2.30. The Morgan fingerprint density at radius 3 is 2.17 bits per heavy atom. The second-order valence-electron chi connectivity index (χ2n) is 7.41. The number of amides is 2. The number of esters is 1. The average Bonchev–Trinajstić information content (AvgIpc) is 2.85. The van der Waals surface area contributed by atoms with Crippen molar-refractivity contribution in [2.45, 2.75) is 20.3 Å². The molecular formula is C27H28N2O6. The number of hydrogen-bond acceptors (Lipinski definition) is 6. The van der Waals surface area contributed by atoms with E-state index in [1.165, 1.54) is 6.07 Å². The summed E-state index contributed by atoms with van der Waals surface area (Å²) < 4.78 is 16.3. The first-order chi connectivity index (χ1) is 17.0. The van der Waals surface area contributed by atoms with Gasteiger partial charge in [0, 0.05) is 11.8 Å². The molecule has 0 atom stereocenters. The van der Waals surface area contributed by atoms with E-state index >= 15 is 0 Å². The highest BCUT2D eigenvalue weighted by Gasteiger charge is 2.16. The quantitative estimate of drug-likeness (QED) is 0.396. The SMILES string of the molecule is CCOc1ccc(NC(=O)COC(=O)c2ccccc2NC(=O)Cc2ccccc2)cc1OCC. The molecule has 0 bridgehead atoms. The summed E-state index contributed by atoms with van der Waals surface area (Å²) in [5, 5.41) is 5.40. The molecule has 0 unspecified atom stereocenters. The van der Waals surface area contributed by atoms with Gasteiger partial charge >= 0.3 is 5.97 Å². The molecule has 0 saturated heterocycles. The van der Waals surface area contributed by atoms with Gasteiger partial charge in [0.05, 0.1) is 30.9 Å². The summed E-state index contributed by atoms with van der Waals surface area (Å²) >= 11 is 0. The highest BCUT2D eigenvalue weighted by atomic mass is 16.5. The van der Waals surface area contributed by atoms with Gasteiger partial charge in [-0.2, -0.15) is 0 Å². The molecule has 0 radical (unpaired) electrons. The smallest absolute Gasteiger partial charge is 0.340 e. The van der Waals surface area contributed by atoms with Crippen molar-refractivity contribution in [3.8, 4) is 11.5 Å². The largest absolute Gasteiger partial charge is 0.490 e. The summed E-state index contributed by atoms with van der Waals surface area (Å²) in [6.07, 6.45) is 0.165. The summed E-state index contributed by atoms with van der Waals surface area (Å²) in [5.74, 6) is -0.434. The van der Waals surface area contributed by atoms with Crippen LogP contribution in [0.5, 0.6) is 11.5 Å². The average molecular weight is 477 g/mol. The van der Waals surface area contributed by atoms with Crippen LogP contribution in [0.2, 0.25) is 0 Å². The van der Waals surface area contributed by atoms with Crippen LogP contribution in [-0.2, 0) is 20.7 Å². The van der Waals surface area contributed by atoms with Crippen LogP contribution in [0.4, 0.5) is 11.4 Å². The highest BCUT2D eigenvalue weighted by molar-refractivity contribution is 6.02. The van der Waals surface area contributed by atoms with Gasteiger partial charge in [0.25, 0.3) is 5.91 Å². The molecule has 0 aliphatic heterocycles. The van der Waals surface area contributed by atoms with Gasteiger partial charge in [0.1, 0.15) is 0 Å². The molecule has 0 saturated carbocycles. The molecule has 0 aliphatic carbocycles. The molecule has 0 heterocycles. The molecule has 3 aromatic carbocycles. The molecule has 8 heteroatoms. The Labute approximate surface area is 204 Å². The zero-order valence-electron chi connectivity index (χ0n) is 19.7. The minimum atomic E-state index is -0.725. The lowest BCUT2D eigenvalue weighted by Crippen LogP contribution is -2.22. The Balaban J connectivity index is 1.58. The molecule has 35 heavy (non-hydrogen) atoms. The lowest BCUT2D eigenvalue weighted by Gasteiger charge is -2.13. The number of rotatable bonds is 11. The van der Waals surface area contributed by atoms with Crippen LogP contribution >= 0.6 is 0 Å². The van der Waals surface area contributed by atoms with Crippen LogP contribution < -0.4 is 20.1 Å². The lowest BCUT2D eigenvalue weighted by molar-refractivity contribution is -0.119. The van der Waals surface area contributed by atoms with Crippen molar-refractivity contribution in [2.24, 2.45) is 0 Å². The van der Waals surface area contributed by atoms with Crippen LogP contribution in [0.15, 0.2) is 72.8 Å². The van der Waals surface area contributed by atoms with Gasteiger partial charge in [-0.15, -0.1) is 0 Å². The number of para-hydroxylation sites is 1. The van der Waals surface area contributed by atoms with E-state index < -0.39 is 18.5 Å². The van der Waals surface area contributed by atoms with Crippen LogP contribution in [0, 0.1) is 0 Å². The number of benzene rings is 3. The molecule has 8 nitrogen and oxygen atoms in total. The number of nitrogens with one attached hydrogen (secondary N) is 2. The zero-order chi connectivity index (χ0) is 25.0. The molecule has 0 spiro atoms. The molecule has 182 valence electrons. The third kappa shape index (κ3) is 7.60. The van der Waals surface area contributed by atoms with Crippen molar-refractivity contribution in [2.75, 3.05) is 30.5 Å². The van der Waals surface area contributed by atoms with Crippen LogP contribution in [-0.4, -0.2) is 37.6 Å². The number of hydrogen-bond donors (Lipinski definition) is 2. The minimum absolute atomic E-state index is 0.154. The van der Waals surface area contributed by atoms with E-state index in [0.717, 1.165) is 5.56 Å². The van der Waals surface area contributed by atoms with Crippen molar-refractivity contribution < 1.29 is 28.6 Å². The van der Waals surface area contributed by atoms with E-state index in [4.69, 9.17) is 14.2 Å². The molecule has 2 amide bonds. The fraction of sp³-hybridized carbons (Fsp3) is 0.222. The van der Waals surface area contributed by atoms with Gasteiger partial charge in [-0.05, 0) is 43.7 Å². The molecule has 0 aromatic heterocycles. The maximum absolute atomic E-state index is 12.6. The molecule has 3 aromatic rings. The second-order valence-corrected chi connectivity index (χ2v) is 7.41. The number of anilines is 2. The summed E-state index contributed by atoms with van der Waals surface area (Å²) in [6.45, 7) is 4.14. The monoisotopic (exact) mass is 476 g/mol. The number of carbonyl (C=O) groups excluding carboxylic acids is 3. The van der Waals surface area contributed by atoms with Gasteiger partial charge in [0.2, 0.25) is 5.91 Å². The first-order valence-electron chi connectivity index (χ1n) is 11.3. The third-order valence-corrected chi connectivity index (χ3v) is 4.79. The van der Waals surface area contributed by atoms with E-state index in [1.54, 1.807) is 36.4 Å². The molecule has 0 aliphatic rings. The van der Waals surface area contributed by atoms with Crippen LogP contribution in [0.1, 0.15) is 29.8 Å². The van der Waals surface area contributed by atoms with E-state index in [1.807, 2.05) is 44.2 Å². The summed E-state index contributed by atoms with van der Waals surface area (Å²) in [6, 6.07) is 20.8. The summed E-state index contributed by atoms with van der Waals surface area (Å²) in [4.78, 5) is 37.4. The van der Waals surface area contributed by atoms with Gasteiger partial charge in [-0.1, -0.05) is 42.5 Å². The molecule has 0 fully saturated rings. The number of carbonyl (C=O) groups is 3. The molecule has 3 rings (SSSR count). The summed E-state index contributed by atoms with van der Waals surface area (Å²) in [7, 11) is 0. The molecule has 2 N–H and O–H groups in total. The second kappa shape index (κ2) is 12.8. The van der Waals surface area contributed by atoms with Crippen LogP contribution in [0.25, 0.3) is 0 Å². The van der Waals surface area contributed by atoms with E-state index in [2.05, 4.69) is 10.6 Å². The standard InChI is InChI=1S/C27H28N2O6/c1-3-33-23-15-14-20(17-24(23)34-4-2)28-26(31)18-35-27(32)21-12-8-9-13-22(21)29-25(30)16-19-10-6-5-7-11-19/h5-15,17H,3-4,16,18H2,1-2H3,(H,28,31)(H,29,30). The topological polar surface area (TPSA) is 103 Å². The zero-order valence-corrected chi connectivity index (χ0v) is 19.7. The van der Waals surface area contributed by atoms with E-state index in [-0.39, 0.29) is 17.9 Å². The van der Waals surface area contributed by atoms with Crippen molar-refractivity contribution in [3.63, 3.8) is 0 Å². The fourth-order valence-electron chi connectivity index (χ4n) is 3.28. The van der Waals surface area contributed by atoms with E-state index in [9.17, 15) is 14.4 Å². The lowest BCUT2D eigenvalue weighted by atomic mass is 10.1. The molecular weight excluding hydrogens is 448 g/mol. The maximum Gasteiger partial charge on any atom is 0.340 e. The minimum Gasteiger partial charge on any atom is -0.490 e. The Kier molecular flexibility index (Phi) is 9.24.